The Morgan fingerprint density at radius 1 is 1.42 bits per heavy atom. The van der Waals surface area contributed by atoms with Gasteiger partial charge >= 0.3 is 0 Å². The first-order chi connectivity index (χ1) is 11.5. The molecule has 2 rings (SSSR count). The topological polar surface area (TPSA) is 62.7 Å². The van der Waals surface area contributed by atoms with E-state index in [0.29, 0.717) is 11.7 Å². The molecule has 5 heteroatoms. The summed E-state index contributed by atoms with van der Waals surface area (Å²) >= 11 is 0. The van der Waals surface area contributed by atoms with E-state index in [1.165, 1.54) is 0 Å². The Bertz CT molecular complexity index is 677. The minimum absolute atomic E-state index is 0.129. The predicted octanol–water partition coefficient (Wildman–Crippen LogP) is 3.51. The summed E-state index contributed by atoms with van der Waals surface area (Å²) in [4.78, 5) is 12.0. The Morgan fingerprint density at radius 2 is 2.17 bits per heavy atom. The molecule has 1 aliphatic carbocycles. The van der Waals surface area contributed by atoms with Crippen molar-refractivity contribution in [1.29, 1.82) is 0 Å². The first kappa shape index (κ1) is 17.8. The minimum atomic E-state index is -0.196. The van der Waals surface area contributed by atoms with Gasteiger partial charge in [-0.05, 0) is 50.3 Å². The second kappa shape index (κ2) is 8.34. The number of amides is 1. The Labute approximate surface area is 143 Å². The molecule has 0 fully saturated rings. The van der Waals surface area contributed by atoms with E-state index in [1.54, 1.807) is 7.11 Å². The molecule has 5 nitrogen and oxygen atoms in total. The number of carbonyl (C=O) groups is 1. The highest BCUT2D eigenvalue weighted by atomic mass is 16.5. The van der Waals surface area contributed by atoms with Crippen LogP contribution in [0.3, 0.4) is 0 Å². The van der Waals surface area contributed by atoms with Crippen molar-refractivity contribution in [2.45, 2.75) is 26.7 Å². The number of nitrogens with one attached hydrogen (secondary N) is 2. The lowest BCUT2D eigenvalue weighted by atomic mass is 9.85. The second-order valence-corrected chi connectivity index (χ2v) is 6.02. The van der Waals surface area contributed by atoms with Crippen LogP contribution in [0.5, 0.6) is 5.75 Å². The van der Waals surface area contributed by atoms with Gasteiger partial charge in [0, 0.05) is 0 Å². The normalized spacial score (nSPS) is 18.7. The van der Waals surface area contributed by atoms with Gasteiger partial charge in [-0.1, -0.05) is 30.4 Å². The van der Waals surface area contributed by atoms with Crippen molar-refractivity contribution in [3.8, 4) is 5.75 Å². The number of hydrogen-bond acceptors (Lipinski definition) is 4. The van der Waals surface area contributed by atoms with Crippen molar-refractivity contribution in [3.05, 3.63) is 48.1 Å². The first-order valence-corrected chi connectivity index (χ1v) is 8.06. The maximum Gasteiger partial charge on any atom is 0.259 e. The van der Waals surface area contributed by atoms with Crippen LogP contribution in [0.4, 0.5) is 5.69 Å². The Morgan fingerprint density at radius 3 is 2.88 bits per heavy atom. The van der Waals surface area contributed by atoms with Crippen molar-refractivity contribution in [2.24, 2.45) is 11.0 Å². The molecule has 1 aromatic carbocycles. The number of methoxy groups -OCH3 is 1. The second-order valence-electron chi connectivity index (χ2n) is 6.02. The summed E-state index contributed by atoms with van der Waals surface area (Å²) in [5, 5.41) is 7.34. The van der Waals surface area contributed by atoms with Crippen LogP contribution in [-0.2, 0) is 4.79 Å². The lowest BCUT2D eigenvalue weighted by molar-refractivity contribution is -0.119. The molecule has 0 bridgehead atoms. The molecular weight excluding hydrogens is 302 g/mol. The molecule has 1 atom stereocenters. The van der Waals surface area contributed by atoms with Crippen LogP contribution in [0.25, 0.3) is 0 Å². The number of hydrazone groups is 1. The molecule has 0 radical (unpaired) electrons. The summed E-state index contributed by atoms with van der Waals surface area (Å²) < 4.78 is 5.24. The van der Waals surface area contributed by atoms with Gasteiger partial charge in [0.1, 0.15) is 5.75 Å². The minimum Gasteiger partial charge on any atom is -0.495 e. The van der Waals surface area contributed by atoms with E-state index in [4.69, 9.17) is 4.74 Å². The number of carbonyl (C=O) groups excluding carboxylic acids is 1. The van der Waals surface area contributed by atoms with Crippen molar-refractivity contribution in [1.82, 2.24) is 5.43 Å². The van der Waals surface area contributed by atoms with Crippen LogP contribution in [0.1, 0.15) is 26.7 Å². The number of hydrogen-bond donors (Lipinski definition) is 2. The highest BCUT2D eigenvalue weighted by Crippen LogP contribution is 2.26. The smallest absolute Gasteiger partial charge is 0.259 e. The summed E-state index contributed by atoms with van der Waals surface area (Å²) in [6.07, 6.45) is 3.96. The fourth-order valence-corrected chi connectivity index (χ4v) is 2.56. The zero-order chi connectivity index (χ0) is 17.5. The molecule has 24 heavy (non-hydrogen) atoms. The largest absolute Gasteiger partial charge is 0.495 e. The monoisotopic (exact) mass is 327 g/mol. The van der Waals surface area contributed by atoms with Gasteiger partial charge in [0.25, 0.3) is 5.91 Å². The van der Waals surface area contributed by atoms with Crippen molar-refractivity contribution >= 4 is 17.3 Å². The van der Waals surface area contributed by atoms with E-state index in [9.17, 15) is 4.79 Å². The van der Waals surface area contributed by atoms with E-state index < -0.39 is 0 Å². The van der Waals surface area contributed by atoms with Crippen molar-refractivity contribution < 1.29 is 9.53 Å². The van der Waals surface area contributed by atoms with Crippen LogP contribution in [-0.4, -0.2) is 25.3 Å². The van der Waals surface area contributed by atoms with Gasteiger partial charge in [0.15, 0.2) is 0 Å². The number of anilines is 1. The number of para-hydroxylation sites is 2. The molecule has 0 heterocycles. The van der Waals surface area contributed by atoms with Crippen LogP contribution >= 0.6 is 0 Å². The molecule has 128 valence electrons. The molecule has 2 N–H and O–H groups in total. The van der Waals surface area contributed by atoms with E-state index in [-0.39, 0.29) is 12.5 Å². The third kappa shape index (κ3) is 4.72. The molecule has 0 saturated carbocycles. The maximum atomic E-state index is 12.0. The van der Waals surface area contributed by atoms with Crippen LogP contribution in [0.2, 0.25) is 0 Å². The van der Waals surface area contributed by atoms with Gasteiger partial charge < -0.3 is 10.1 Å². The Kier molecular flexibility index (Phi) is 6.18. The van der Waals surface area contributed by atoms with E-state index in [2.05, 4.69) is 28.5 Å². The Balaban J connectivity index is 1.91. The van der Waals surface area contributed by atoms with Gasteiger partial charge in [-0.3, -0.25) is 4.79 Å². The zero-order valence-corrected chi connectivity index (χ0v) is 14.6. The summed E-state index contributed by atoms with van der Waals surface area (Å²) in [6, 6.07) is 7.47. The highest BCUT2D eigenvalue weighted by molar-refractivity contribution is 6.01. The SMILES string of the molecule is C=C(C)[C@H]1CC=C(C)/C(=N/NC(=O)CNc2ccccc2OC)C1. The molecule has 0 unspecified atom stereocenters. The number of nitrogens with zero attached hydrogens (tertiary/aromatic N) is 1. The molecule has 0 spiro atoms. The summed E-state index contributed by atoms with van der Waals surface area (Å²) in [5.74, 6) is 0.904. The molecular formula is C19H25N3O2. The van der Waals surface area contributed by atoms with E-state index in [0.717, 1.165) is 35.4 Å². The summed E-state index contributed by atoms with van der Waals surface area (Å²) in [6.45, 7) is 8.20. The van der Waals surface area contributed by atoms with Gasteiger partial charge in [0.05, 0.1) is 25.1 Å². The van der Waals surface area contributed by atoms with Crippen molar-refractivity contribution in [2.75, 3.05) is 19.0 Å². The molecule has 0 aromatic heterocycles. The first-order valence-electron chi connectivity index (χ1n) is 8.06. The average Bonchev–Trinajstić information content (AvgIpc) is 2.59. The van der Waals surface area contributed by atoms with Crippen LogP contribution < -0.4 is 15.5 Å². The quantitative estimate of drug-likeness (QED) is 0.621. The average molecular weight is 327 g/mol. The number of ether oxygens (including phenoxy) is 1. The molecule has 1 aliphatic rings. The van der Waals surface area contributed by atoms with Gasteiger partial charge in [-0.15, -0.1) is 0 Å². The predicted molar refractivity (Wildman–Crippen MR) is 98.4 cm³/mol. The van der Waals surface area contributed by atoms with Gasteiger partial charge in [-0.25, -0.2) is 5.43 Å². The number of rotatable bonds is 6. The number of allylic oxidation sites excluding steroid dienone is 3. The third-order valence-corrected chi connectivity index (χ3v) is 4.16. The fraction of sp³-hybridized carbons (Fsp3) is 0.368. The van der Waals surface area contributed by atoms with Gasteiger partial charge in [0.2, 0.25) is 0 Å². The van der Waals surface area contributed by atoms with Crippen LogP contribution in [0, 0.1) is 5.92 Å². The summed E-state index contributed by atoms with van der Waals surface area (Å²) in [5.41, 5.74) is 6.58. The highest BCUT2D eigenvalue weighted by Gasteiger charge is 2.18. The van der Waals surface area contributed by atoms with Crippen LogP contribution in [0.15, 0.2) is 53.2 Å². The van der Waals surface area contributed by atoms with E-state index >= 15 is 0 Å². The molecule has 1 aromatic rings. The maximum absolute atomic E-state index is 12.0. The standard InChI is InChI=1S/C19H25N3O2/c1-13(2)15-10-9-14(3)17(11-15)21-22-19(23)12-20-16-7-5-6-8-18(16)24-4/h5-9,15,20H,1,10-12H2,2-4H3,(H,22,23)/b21-17+/t15-/m0/s1. The van der Waals surface area contributed by atoms with Gasteiger partial charge in [-0.2, -0.15) is 5.10 Å². The van der Waals surface area contributed by atoms with Crippen molar-refractivity contribution in [3.63, 3.8) is 0 Å². The Hall–Kier alpha value is -2.56. The fourth-order valence-electron chi connectivity index (χ4n) is 2.56. The number of benzene rings is 1. The third-order valence-electron chi connectivity index (χ3n) is 4.16. The zero-order valence-electron chi connectivity index (χ0n) is 14.6. The van der Waals surface area contributed by atoms with E-state index in [1.807, 2.05) is 38.1 Å². The summed E-state index contributed by atoms with van der Waals surface area (Å²) in [7, 11) is 1.60. The molecule has 0 saturated heterocycles. The molecule has 0 aliphatic heterocycles. The lowest BCUT2D eigenvalue weighted by Crippen LogP contribution is -2.28. The lowest BCUT2D eigenvalue weighted by Gasteiger charge is -2.22. The molecule has 1 amide bonds.